The minimum atomic E-state index is -0.773. The molecule has 1 atom stereocenters. The van der Waals surface area contributed by atoms with Crippen molar-refractivity contribution in [2.75, 3.05) is 49.9 Å². The van der Waals surface area contributed by atoms with Gasteiger partial charge in [0.15, 0.2) is 0 Å². The minimum Gasteiger partial charge on any atom is -0.384 e. The number of aromatic nitrogens is 1. The van der Waals surface area contributed by atoms with E-state index in [1.807, 2.05) is 18.2 Å². The maximum atomic E-state index is 12.8. The van der Waals surface area contributed by atoms with Crippen molar-refractivity contribution in [3.63, 3.8) is 0 Å². The Balaban J connectivity index is 1.38. The smallest absolute Gasteiger partial charge is 0.381 e. The number of nitrogen functional groups attached to an aromatic ring is 1. The lowest BCUT2D eigenvalue weighted by Crippen LogP contribution is -2.55. The molecule has 0 spiro atoms. The zero-order chi connectivity index (χ0) is 22.7. The number of nitrogens with two attached hydrogens (primary N) is 1. The normalized spacial score (nSPS) is 19.5. The van der Waals surface area contributed by atoms with E-state index in [0.717, 1.165) is 35.9 Å². The molecule has 0 bridgehead atoms. The van der Waals surface area contributed by atoms with Gasteiger partial charge in [0, 0.05) is 72.6 Å². The predicted octanol–water partition coefficient (Wildman–Crippen LogP) is 3.04. The molecule has 0 saturated carbocycles. The number of urea groups is 2. The minimum absolute atomic E-state index is 0.158. The zero-order valence-electron chi connectivity index (χ0n) is 17.7. The van der Waals surface area contributed by atoms with E-state index >= 15 is 0 Å². The predicted molar refractivity (Wildman–Crippen MR) is 124 cm³/mol. The van der Waals surface area contributed by atoms with Crippen molar-refractivity contribution in [1.82, 2.24) is 20.1 Å². The Bertz CT molecular complexity index is 1020. The van der Waals surface area contributed by atoms with Crippen LogP contribution in [0.1, 0.15) is 19.3 Å². The van der Waals surface area contributed by atoms with Crippen LogP contribution >= 0.6 is 11.6 Å². The van der Waals surface area contributed by atoms with E-state index in [1.54, 1.807) is 11.0 Å². The summed E-state index contributed by atoms with van der Waals surface area (Å²) in [6.07, 6.45) is 2.43. The molecule has 4 rings (SSSR count). The van der Waals surface area contributed by atoms with Crippen LogP contribution in [0.3, 0.4) is 0 Å². The molecule has 0 radical (unpaired) electrons. The molecule has 2 aromatic rings. The number of anilines is 2. The topological polar surface area (TPSA) is 124 Å². The number of fused-ring (bicyclic) bond motifs is 1. The molecular formula is C21H26ClN7O3. The highest BCUT2D eigenvalue weighted by atomic mass is 35.5. The first kappa shape index (κ1) is 22.1. The van der Waals surface area contributed by atoms with Crippen LogP contribution in [0.5, 0.6) is 0 Å². The second-order valence-electron chi connectivity index (χ2n) is 8.16. The first-order valence-electron chi connectivity index (χ1n) is 10.7. The number of hydrogen-bond donors (Lipinski definition) is 2. The maximum absolute atomic E-state index is 12.8. The summed E-state index contributed by atoms with van der Waals surface area (Å²) in [6, 6.07) is 6.29. The van der Waals surface area contributed by atoms with Crippen LogP contribution in [0.15, 0.2) is 29.4 Å². The van der Waals surface area contributed by atoms with Crippen LogP contribution in [-0.4, -0.2) is 72.2 Å². The van der Waals surface area contributed by atoms with E-state index in [0.29, 0.717) is 50.1 Å². The number of benzene rings is 1. The Morgan fingerprint density at radius 2 is 1.88 bits per heavy atom. The van der Waals surface area contributed by atoms with Gasteiger partial charge in [-0.1, -0.05) is 11.6 Å². The average molecular weight is 460 g/mol. The Hall–Kier alpha value is -3.14. The molecule has 10 nitrogen and oxygen atoms in total. The monoisotopic (exact) mass is 459 g/mol. The highest BCUT2D eigenvalue weighted by molar-refractivity contribution is 6.31. The lowest BCUT2D eigenvalue weighted by molar-refractivity contribution is 0.182. The van der Waals surface area contributed by atoms with Crippen LogP contribution < -0.4 is 16.0 Å². The number of halogens is 1. The summed E-state index contributed by atoms with van der Waals surface area (Å²) in [5.41, 5.74) is 7.72. The van der Waals surface area contributed by atoms with Crippen LogP contribution in [0, 0.1) is 4.91 Å². The second-order valence-corrected chi connectivity index (χ2v) is 8.60. The van der Waals surface area contributed by atoms with E-state index in [-0.39, 0.29) is 12.1 Å². The second kappa shape index (κ2) is 9.56. The molecule has 0 aliphatic carbocycles. The lowest BCUT2D eigenvalue weighted by Gasteiger charge is -2.37. The summed E-state index contributed by atoms with van der Waals surface area (Å²) in [6.45, 7) is 3.20. The largest absolute Gasteiger partial charge is 0.384 e. The average Bonchev–Trinajstić information content (AvgIpc) is 3.03. The summed E-state index contributed by atoms with van der Waals surface area (Å²) in [5.74, 6) is 0.423. The number of carbonyl (C=O) groups is 2. The number of rotatable bonds is 2. The van der Waals surface area contributed by atoms with Gasteiger partial charge >= 0.3 is 12.1 Å². The highest BCUT2D eigenvalue weighted by Gasteiger charge is 2.27. The number of amides is 4. The summed E-state index contributed by atoms with van der Waals surface area (Å²) in [7, 11) is 0. The fourth-order valence-electron chi connectivity index (χ4n) is 4.37. The number of carbonyl (C=O) groups excluding carboxylic acids is 2. The van der Waals surface area contributed by atoms with Crippen molar-refractivity contribution in [3.05, 3.63) is 34.2 Å². The van der Waals surface area contributed by atoms with Gasteiger partial charge in [-0.05, 0) is 37.5 Å². The number of nitrogens with zero attached hydrogens (tertiary/aromatic N) is 5. The van der Waals surface area contributed by atoms with Crippen molar-refractivity contribution in [3.8, 4) is 0 Å². The lowest BCUT2D eigenvalue weighted by atomic mass is 10.1. The van der Waals surface area contributed by atoms with Crippen molar-refractivity contribution in [2.24, 2.45) is 5.18 Å². The van der Waals surface area contributed by atoms with Gasteiger partial charge in [0.1, 0.15) is 5.82 Å². The van der Waals surface area contributed by atoms with Gasteiger partial charge in [0.05, 0.1) is 5.52 Å². The van der Waals surface area contributed by atoms with E-state index in [1.165, 1.54) is 4.90 Å². The molecule has 2 aliphatic heterocycles. The third-order valence-electron chi connectivity index (χ3n) is 6.03. The van der Waals surface area contributed by atoms with Crippen LogP contribution in [0.2, 0.25) is 5.02 Å². The van der Waals surface area contributed by atoms with E-state index in [4.69, 9.17) is 17.3 Å². The molecule has 1 aromatic heterocycles. The number of piperazine rings is 1. The molecule has 1 aromatic carbocycles. The molecule has 32 heavy (non-hydrogen) atoms. The first-order valence-corrected chi connectivity index (χ1v) is 11.1. The molecule has 11 heteroatoms. The molecule has 4 amide bonds. The van der Waals surface area contributed by atoms with Gasteiger partial charge < -0.3 is 25.8 Å². The van der Waals surface area contributed by atoms with E-state index in [2.05, 4.69) is 20.4 Å². The Kier molecular flexibility index (Phi) is 6.59. The number of nitroso groups, excluding NO2 is 1. The number of likely N-dealkylation sites (tertiary alicyclic amines) is 1. The summed E-state index contributed by atoms with van der Waals surface area (Å²) in [5, 5.41) is 7.11. The number of nitrogens with one attached hydrogen (secondary N) is 1. The molecule has 0 unspecified atom stereocenters. The third kappa shape index (κ3) is 4.85. The van der Waals surface area contributed by atoms with Crippen molar-refractivity contribution >= 4 is 46.1 Å². The van der Waals surface area contributed by atoms with Crippen LogP contribution in [-0.2, 0) is 0 Å². The van der Waals surface area contributed by atoms with Gasteiger partial charge in [-0.2, -0.15) is 0 Å². The summed E-state index contributed by atoms with van der Waals surface area (Å²) < 4.78 is 0. The van der Waals surface area contributed by atoms with Gasteiger partial charge in [0.2, 0.25) is 0 Å². The molecule has 170 valence electrons. The standard InChI is InChI=1S/C21H26ClN7O3/c22-14-4-5-16-17(11-14)25-19(23)12-18(16)27-7-9-28(10-8-27)20(30)24-15-3-1-2-6-29(13-15)21(31)26-32/h4-5,11-12,15H,1-3,6-10,13H2,(H2,23,25)(H,24,30)/t15-/m1/s1. The Morgan fingerprint density at radius 1 is 1.09 bits per heavy atom. The summed E-state index contributed by atoms with van der Waals surface area (Å²) in [4.78, 5) is 44.8. The van der Waals surface area contributed by atoms with E-state index < -0.39 is 6.03 Å². The van der Waals surface area contributed by atoms with Crippen molar-refractivity contribution in [1.29, 1.82) is 0 Å². The van der Waals surface area contributed by atoms with E-state index in [9.17, 15) is 14.5 Å². The zero-order valence-corrected chi connectivity index (χ0v) is 18.4. The van der Waals surface area contributed by atoms with Gasteiger partial charge in [-0.25, -0.2) is 14.6 Å². The molecule has 3 heterocycles. The molecule has 2 saturated heterocycles. The van der Waals surface area contributed by atoms with Crippen molar-refractivity contribution in [2.45, 2.75) is 25.3 Å². The first-order chi connectivity index (χ1) is 15.4. The molecule has 2 fully saturated rings. The fourth-order valence-corrected chi connectivity index (χ4v) is 4.54. The number of hydrogen-bond acceptors (Lipinski definition) is 6. The van der Waals surface area contributed by atoms with Gasteiger partial charge in [-0.3, -0.25) is 0 Å². The van der Waals surface area contributed by atoms with Crippen molar-refractivity contribution < 1.29 is 9.59 Å². The quantitative estimate of drug-likeness (QED) is 0.665. The third-order valence-corrected chi connectivity index (χ3v) is 6.26. The number of pyridine rings is 1. The Labute approximate surface area is 190 Å². The highest BCUT2D eigenvalue weighted by Crippen LogP contribution is 2.30. The molecule has 2 aliphatic rings. The SMILES string of the molecule is Nc1cc(N2CCN(C(=O)N[C@@H]3CCCCN(C(=O)N=O)C3)CC2)c2ccc(Cl)cc2n1. The summed E-state index contributed by atoms with van der Waals surface area (Å²) >= 11 is 6.10. The molecule has 3 N–H and O–H groups in total. The van der Waals surface area contributed by atoms with Crippen LogP contribution in [0.25, 0.3) is 10.9 Å². The Morgan fingerprint density at radius 3 is 2.62 bits per heavy atom. The molecular weight excluding hydrogens is 434 g/mol. The fraction of sp³-hybridized carbons (Fsp3) is 0.476. The maximum Gasteiger partial charge on any atom is 0.381 e. The van der Waals surface area contributed by atoms with Crippen LogP contribution in [0.4, 0.5) is 21.1 Å². The van der Waals surface area contributed by atoms with Gasteiger partial charge in [-0.15, -0.1) is 4.91 Å². The van der Waals surface area contributed by atoms with Gasteiger partial charge in [0.25, 0.3) is 0 Å².